The second kappa shape index (κ2) is 9.25. The third-order valence-corrected chi connectivity index (χ3v) is 8.85. The van der Waals surface area contributed by atoms with E-state index in [2.05, 4.69) is 22.9 Å². The lowest BCUT2D eigenvalue weighted by Gasteiger charge is -2.47. The molecule has 1 unspecified atom stereocenters. The van der Waals surface area contributed by atoms with E-state index in [4.69, 9.17) is 0 Å². The highest BCUT2D eigenvalue weighted by Gasteiger charge is 2.53. The minimum absolute atomic E-state index is 0.0831. The lowest BCUT2D eigenvalue weighted by molar-refractivity contribution is -0.136. The molecule has 1 atom stereocenters. The van der Waals surface area contributed by atoms with Gasteiger partial charge in [0.2, 0.25) is 0 Å². The molecule has 0 radical (unpaired) electrons. The molecule has 2 aromatic carbocycles. The Balaban J connectivity index is 1.50. The van der Waals surface area contributed by atoms with Gasteiger partial charge < -0.3 is 14.8 Å². The van der Waals surface area contributed by atoms with Gasteiger partial charge in [-0.15, -0.1) is 11.3 Å². The number of hydrogen-bond donors (Lipinski definition) is 1. The second-order valence-corrected chi connectivity index (χ2v) is 11.3. The van der Waals surface area contributed by atoms with Crippen LogP contribution in [0.4, 0.5) is 0 Å². The van der Waals surface area contributed by atoms with Crippen LogP contribution in [0.1, 0.15) is 54.2 Å². The van der Waals surface area contributed by atoms with Crippen LogP contribution in [0, 0.1) is 5.92 Å². The molecule has 184 valence electrons. The molecule has 6 heteroatoms. The van der Waals surface area contributed by atoms with E-state index in [-0.39, 0.29) is 17.9 Å². The molecule has 2 aliphatic rings. The van der Waals surface area contributed by atoms with E-state index in [1.807, 2.05) is 77.0 Å². The molecular formula is C30H31N3O2S. The number of amides is 2. The summed E-state index contributed by atoms with van der Waals surface area (Å²) in [5.41, 5.74) is 2.37. The van der Waals surface area contributed by atoms with E-state index in [0.717, 1.165) is 47.0 Å². The molecule has 36 heavy (non-hydrogen) atoms. The van der Waals surface area contributed by atoms with Gasteiger partial charge in [-0.05, 0) is 60.2 Å². The fraction of sp³-hybridized carbons (Fsp3) is 0.333. The fourth-order valence-corrected chi connectivity index (χ4v) is 6.74. The number of benzene rings is 2. The summed E-state index contributed by atoms with van der Waals surface area (Å²) in [6.45, 7) is 3.03. The number of aromatic nitrogens is 1. The van der Waals surface area contributed by atoms with Crippen molar-refractivity contribution in [3.63, 3.8) is 0 Å². The molecule has 3 heterocycles. The third-order valence-electron chi connectivity index (χ3n) is 8.00. The highest BCUT2D eigenvalue weighted by atomic mass is 32.1. The Morgan fingerprint density at radius 3 is 2.42 bits per heavy atom. The van der Waals surface area contributed by atoms with E-state index in [1.54, 1.807) is 11.3 Å². The zero-order chi connectivity index (χ0) is 24.7. The summed E-state index contributed by atoms with van der Waals surface area (Å²) in [7, 11) is 0. The first kappa shape index (κ1) is 23.0. The van der Waals surface area contributed by atoms with Crippen molar-refractivity contribution < 1.29 is 9.59 Å². The van der Waals surface area contributed by atoms with Gasteiger partial charge in [0, 0.05) is 12.6 Å². The first-order valence-corrected chi connectivity index (χ1v) is 13.7. The monoisotopic (exact) mass is 497 g/mol. The van der Waals surface area contributed by atoms with Gasteiger partial charge in [-0.2, -0.15) is 0 Å². The topological polar surface area (TPSA) is 54.3 Å². The molecule has 1 saturated carbocycles. The standard InChI is InChI=1S/C30H31N3O2S/c1-21-12-14-24(15-13-21)31-29(35)30(23-10-6-3-7-11-23)20-32-25-16-17-36-27(25)18-26(32)28(34)33(30)19-22-8-4-2-5-9-22/h2-11,16-18,21,24H,12-15,19-20H2,1H3,(H,31,35). The van der Waals surface area contributed by atoms with Crippen molar-refractivity contribution >= 4 is 33.4 Å². The Labute approximate surface area is 215 Å². The maximum absolute atomic E-state index is 14.5. The van der Waals surface area contributed by atoms with Gasteiger partial charge >= 0.3 is 0 Å². The molecule has 5 nitrogen and oxygen atoms in total. The molecule has 1 N–H and O–H groups in total. The van der Waals surface area contributed by atoms with Crippen LogP contribution in [0.15, 0.2) is 78.2 Å². The SMILES string of the molecule is CC1CCC(NC(=O)C2(c3ccccc3)Cn3c(cc4sccc43)C(=O)N2Cc2ccccc2)CC1. The number of carbonyl (C=O) groups is 2. The summed E-state index contributed by atoms with van der Waals surface area (Å²) in [4.78, 5) is 30.6. The fourth-order valence-electron chi connectivity index (χ4n) is 5.92. The van der Waals surface area contributed by atoms with Crippen LogP contribution in [0.25, 0.3) is 10.2 Å². The maximum Gasteiger partial charge on any atom is 0.272 e. The Morgan fingerprint density at radius 1 is 1.00 bits per heavy atom. The van der Waals surface area contributed by atoms with Crippen LogP contribution in [0.2, 0.25) is 0 Å². The molecule has 1 fully saturated rings. The molecule has 0 saturated heterocycles. The van der Waals surface area contributed by atoms with Gasteiger partial charge in [-0.1, -0.05) is 67.6 Å². The number of fused-ring (bicyclic) bond motifs is 3. The Hall–Kier alpha value is -3.38. The molecule has 6 rings (SSSR count). The summed E-state index contributed by atoms with van der Waals surface area (Å²) in [5, 5.41) is 5.45. The van der Waals surface area contributed by atoms with Crippen LogP contribution >= 0.6 is 11.3 Å². The van der Waals surface area contributed by atoms with Crippen LogP contribution < -0.4 is 5.32 Å². The van der Waals surface area contributed by atoms with Crippen LogP contribution in [-0.4, -0.2) is 27.3 Å². The summed E-state index contributed by atoms with van der Waals surface area (Å²) < 4.78 is 3.13. The normalized spacial score (nSPS) is 24.0. The Morgan fingerprint density at radius 2 is 1.69 bits per heavy atom. The maximum atomic E-state index is 14.5. The molecule has 4 aromatic rings. The van der Waals surface area contributed by atoms with E-state index >= 15 is 0 Å². The van der Waals surface area contributed by atoms with Crippen molar-refractivity contribution in [1.29, 1.82) is 0 Å². The number of hydrogen-bond acceptors (Lipinski definition) is 3. The van der Waals surface area contributed by atoms with Crippen LogP contribution in [0.5, 0.6) is 0 Å². The minimum atomic E-state index is -1.15. The van der Waals surface area contributed by atoms with Crippen molar-refractivity contribution in [2.45, 2.75) is 57.3 Å². The van der Waals surface area contributed by atoms with E-state index in [1.165, 1.54) is 0 Å². The Kier molecular flexibility index (Phi) is 5.92. The highest BCUT2D eigenvalue weighted by molar-refractivity contribution is 7.17. The van der Waals surface area contributed by atoms with Gasteiger partial charge in [0.25, 0.3) is 11.8 Å². The first-order chi connectivity index (χ1) is 17.6. The number of nitrogens with zero attached hydrogens (tertiary/aromatic N) is 2. The van der Waals surface area contributed by atoms with Crippen molar-refractivity contribution in [3.05, 3.63) is 95.0 Å². The average molecular weight is 498 g/mol. The van der Waals surface area contributed by atoms with Crippen molar-refractivity contribution in [1.82, 2.24) is 14.8 Å². The third kappa shape index (κ3) is 3.84. The van der Waals surface area contributed by atoms with Crippen molar-refractivity contribution in [2.24, 2.45) is 5.92 Å². The van der Waals surface area contributed by atoms with E-state index < -0.39 is 5.54 Å². The number of rotatable bonds is 5. The van der Waals surface area contributed by atoms with Gasteiger partial charge in [0.15, 0.2) is 5.54 Å². The number of nitrogens with one attached hydrogen (secondary N) is 1. The average Bonchev–Trinajstić information content (AvgIpc) is 3.50. The van der Waals surface area contributed by atoms with E-state index in [9.17, 15) is 9.59 Å². The first-order valence-electron chi connectivity index (χ1n) is 12.9. The predicted molar refractivity (Wildman–Crippen MR) is 144 cm³/mol. The summed E-state index contributed by atoms with van der Waals surface area (Å²) in [5.74, 6) is 0.506. The molecule has 0 spiro atoms. The lowest BCUT2D eigenvalue weighted by atomic mass is 9.82. The predicted octanol–water partition coefficient (Wildman–Crippen LogP) is 5.95. The highest BCUT2D eigenvalue weighted by Crippen LogP contribution is 2.41. The molecule has 2 aromatic heterocycles. The summed E-state index contributed by atoms with van der Waals surface area (Å²) in [6.07, 6.45) is 4.20. The summed E-state index contributed by atoms with van der Waals surface area (Å²) in [6, 6.07) is 24.0. The lowest BCUT2D eigenvalue weighted by Crippen LogP contribution is -2.64. The second-order valence-electron chi connectivity index (χ2n) is 10.3. The smallest absolute Gasteiger partial charge is 0.272 e. The van der Waals surface area contributed by atoms with Crippen LogP contribution in [0.3, 0.4) is 0 Å². The van der Waals surface area contributed by atoms with Crippen molar-refractivity contribution in [3.8, 4) is 0 Å². The molecular weight excluding hydrogens is 466 g/mol. The van der Waals surface area contributed by atoms with Gasteiger partial charge in [0.1, 0.15) is 5.69 Å². The largest absolute Gasteiger partial charge is 0.351 e. The number of thiophene rings is 1. The zero-order valence-corrected chi connectivity index (χ0v) is 21.3. The van der Waals surface area contributed by atoms with Crippen molar-refractivity contribution in [2.75, 3.05) is 0 Å². The molecule has 1 aliphatic carbocycles. The zero-order valence-electron chi connectivity index (χ0n) is 20.5. The number of carbonyl (C=O) groups excluding carboxylic acids is 2. The van der Waals surface area contributed by atoms with E-state index in [0.29, 0.717) is 24.7 Å². The Bertz CT molecular complexity index is 1390. The minimum Gasteiger partial charge on any atom is -0.351 e. The molecule has 0 bridgehead atoms. The molecule has 2 amide bonds. The van der Waals surface area contributed by atoms with Gasteiger partial charge in [-0.25, -0.2) is 0 Å². The summed E-state index contributed by atoms with van der Waals surface area (Å²) >= 11 is 1.63. The van der Waals surface area contributed by atoms with Gasteiger partial charge in [0.05, 0.1) is 16.8 Å². The van der Waals surface area contributed by atoms with Crippen LogP contribution in [-0.2, 0) is 23.4 Å². The van der Waals surface area contributed by atoms with Gasteiger partial charge in [-0.3, -0.25) is 9.59 Å². The quantitative estimate of drug-likeness (QED) is 0.370. The molecule has 1 aliphatic heterocycles.